The standard InChI is InChI=1S/C6H15B2/c1-5-6(7-2)8(3)4/h6H,5H2,1-4H3. The van der Waals surface area contributed by atoms with E-state index in [0.717, 1.165) is 12.4 Å². The van der Waals surface area contributed by atoms with Crippen molar-refractivity contribution in [1.82, 2.24) is 0 Å². The van der Waals surface area contributed by atoms with E-state index in [2.05, 4.69) is 34.7 Å². The third-order valence-electron chi connectivity index (χ3n) is 1.76. The molecule has 0 aliphatic carbocycles. The van der Waals surface area contributed by atoms with Gasteiger partial charge in [-0.05, 0) is 0 Å². The molecular formula is C6H15B2. The predicted molar refractivity (Wildman–Crippen MR) is 43.1 cm³/mol. The van der Waals surface area contributed by atoms with Gasteiger partial charge >= 0.3 is 0 Å². The van der Waals surface area contributed by atoms with Crippen molar-refractivity contribution in [3.8, 4) is 0 Å². The van der Waals surface area contributed by atoms with Gasteiger partial charge in [-0.1, -0.05) is 39.5 Å². The monoisotopic (exact) mass is 109 g/mol. The molecule has 8 heavy (non-hydrogen) atoms. The molecule has 0 N–H and O–H groups in total. The Kier molecular flexibility index (Phi) is 4.12. The quantitative estimate of drug-likeness (QED) is 0.487. The maximum absolute atomic E-state index is 2.30. The average molecular weight is 109 g/mol. The summed E-state index contributed by atoms with van der Waals surface area (Å²) in [7, 11) is 2.30. The molecule has 0 aromatic carbocycles. The van der Waals surface area contributed by atoms with Gasteiger partial charge in [0.25, 0.3) is 0 Å². The Morgan fingerprint density at radius 3 is 2.00 bits per heavy atom. The highest BCUT2D eigenvalue weighted by atomic mass is 13.8. The number of hydrogen-bond donors (Lipinski definition) is 0. The van der Waals surface area contributed by atoms with Gasteiger partial charge in [-0.15, -0.1) is 0 Å². The molecule has 0 nitrogen and oxygen atoms in total. The molecule has 45 valence electrons. The second kappa shape index (κ2) is 4.05. The summed E-state index contributed by atoms with van der Waals surface area (Å²) in [6.45, 7) is 9.76. The highest BCUT2D eigenvalue weighted by Crippen LogP contribution is 2.11. The van der Waals surface area contributed by atoms with Gasteiger partial charge in [-0.25, -0.2) is 0 Å². The van der Waals surface area contributed by atoms with E-state index in [-0.39, 0.29) is 0 Å². The first-order valence-electron chi connectivity index (χ1n) is 3.51. The van der Waals surface area contributed by atoms with Crippen LogP contribution in [0.1, 0.15) is 13.3 Å². The molecule has 0 saturated carbocycles. The summed E-state index contributed by atoms with van der Waals surface area (Å²) >= 11 is 0. The molecule has 0 saturated heterocycles. The van der Waals surface area contributed by atoms with Crippen LogP contribution in [0.25, 0.3) is 0 Å². The normalized spacial score (nSPS) is 13.0. The first kappa shape index (κ1) is 8.13. The molecule has 0 aromatic heterocycles. The minimum atomic E-state index is 0.824. The van der Waals surface area contributed by atoms with Crippen molar-refractivity contribution in [2.24, 2.45) is 0 Å². The molecule has 0 spiro atoms. The van der Waals surface area contributed by atoms with Crippen molar-refractivity contribution in [3.63, 3.8) is 0 Å². The highest BCUT2D eigenvalue weighted by Gasteiger charge is 2.10. The van der Waals surface area contributed by atoms with Crippen molar-refractivity contribution < 1.29 is 0 Å². The van der Waals surface area contributed by atoms with Crippen LogP contribution in [0.3, 0.4) is 0 Å². The Morgan fingerprint density at radius 1 is 1.50 bits per heavy atom. The SMILES string of the molecule is C[B]C(CC)B(C)C. The lowest BCUT2D eigenvalue weighted by atomic mass is 9.33. The lowest BCUT2D eigenvalue weighted by Crippen LogP contribution is -2.15. The molecule has 0 fully saturated rings. The molecule has 1 unspecified atom stereocenters. The van der Waals surface area contributed by atoms with Gasteiger partial charge in [0.15, 0.2) is 0 Å². The summed E-state index contributed by atoms with van der Waals surface area (Å²) in [6, 6.07) is 0. The summed E-state index contributed by atoms with van der Waals surface area (Å²) in [5.41, 5.74) is 0.829. The number of rotatable bonds is 3. The van der Waals surface area contributed by atoms with E-state index in [1.807, 2.05) is 0 Å². The zero-order chi connectivity index (χ0) is 6.57. The predicted octanol–water partition coefficient (Wildman–Crippen LogP) is 2.23. The van der Waals surface area contributed by atoms with Gasteiger partial charge in [0.2, 0.25) is 0 Å². The third kappa shape index (κ3) is 2.44. The van der Waals surface area contributed by atoms with Crippen LogP contribution in [0.2, 0.25) is 26.2 Å². The fourth-order valence-corrected chi connectivity index (χ4v) is 1.09. The van der Waals surface area contributed by atoms with Crippen LogP contribution in [0, 0.1) is 0 Å². The van der Waals surface area contributed by atoms with Crippen molar-refractivity contribution in [3.05, 3.63) is 0 Å². The van der Waals surface area contributed by atoms with Crippen LogP contribution in [-0.4, -0.2) is 14.0 Å². The van der Waals surface area contributed by atoms with Crippen LogP contribution in [0.5, 0.6) is 0 Å². The van der Waals surface area contributed by atoms with Gasteiger partial charge in [0.1, 0.15) is 14.0 Å². The van der Waals surface area contributed by atoms with Gasteiger partial charge in [0, 0.05) is 0 Å². The maximum Gasteiger partial charge on any atom is 0.128 e. The molecule has 2 heteroatoms. The topological polar surface area (TPSA) is 0 Å². The fourth-order valence-electron chi connectivity index (χ4n) is 1.09. The molecule has 0 bridgehead atoms. The average Bonchev–Trinajstić information content (AvgIpc) is 1.69. The van der Waals surface area contributed by atoms with E-state index < -0.39 is 0 Å². The molecule has 0 aliphatic rings. The molecular weight excluding hydrogens is 93.7 g/mol. The number of hydrogen-bond acceptors (Lipinski definition) is 0. The first-order chi connectivity index (χ1) is 3.72. The summed E-state index contributed by atoms with van der Waals surface area (Å²) < 4.78 is 0. The second-order valence-electron chi connectivity index (χ2n) is 2.65. The van der Waals surface area contributed by atoms with Crippen molar-refractivity contribution in [2.45, 2.75) is 39.5 Å². The maximum atomic E-state index is 2.30. The Balaban J connectivity index is 3.35. The van der Waals surface area contributed by atoms with E-state index in [4.69, 9.17) is 0 Å². The molecule has 0 aromatic rings. The molecule has 1 radical (unpaired) electrons. The van der Waals surface area contributed by atoms with E-state index in [0.29, 0.717) is 0 Å². The van der Waals surface area contributed by atoms with Crippen LogP contribution in [0.15, 0.2) is 0 Å². The largest absolute Gasteiger partial charge is 0.128 e. The smallest absolute Gasteiger partial charge is 0.0924 e. The van der Waals surface area contributed by atoms with Crippen molar-refractivity contribution >= 4 is 14.0 Å². The van der Waals surface area contributed by atoms with E-state index in [1.54, 1.807) is 0 Å². The van der Waals surface area contributed by atoms with Gasteiger partial charge < -0.3 is 0 Å². The van der Waals surface area contributed by atoms with E-state index in [9.17, 15) is 0 Å². The zero-order valence-corrected chi connectivity index (χ0v) is 6.44. The minimum Gasteiger partial charge on any atom is -0.0924 e. The second-order valence-corrected chi connectivity index (χ2v) is 2.65. The molecule has 0 amide bonds. The minimum absolute atomic E-state index is 0.824. The van der Waals surface area contributed by atoms with Crippen LogP contribution < -0.4 is 0 Å². The molecule has 1 atom stereocenters. The summed E-state index contributed by atoms with van der Waals surface area (Å²) in [6.07, 6.45) is 1.29. The fraction of sp³-hybridized carbons (Fsp3) is 1.00. The Hall–Kier alpha value is 0.130. The van der Waals surface area contributed by atoms with Crippen molar-refractivity contribution in [1.29, 1.82) is 0 Å². The summed E-state index contributed by atoms with van der Waals surface area (Å²) in [5, 5.41) is 0. The first-order valence-corrected chi connectivity index (χ1v) is 3.51. The Bertz CT molecular complexity index is 48.5. The van der Waals surface area contributed by atoms with Gasteiger partial charge in [-0.2, -0.15) is 0 Å². The lowest BCUT2D eigenvalue weighted by Gasteiger charge is -2.11. The van der Waals surface area contributed by atoms with Crippen LogP contribution in [-0.2, 0) is 0 Å². The van der Waals surface area contributed by atoms with E-state index in [1.165, 1.54) is 6.42 Å². The molecule has 0 rings (SSSR count). The zero-order valence-electron chi connectivity index (χ0n) is 6.44. The summed E-state index contributed by atoms with van der Waals surface area (Å²) in [4.78, 5) is 0. The Labute approximate surface area is 54.4 Å². The lowest BCUT2D eigenvalue weighted by molar-refractivity contribution is 0.994. The summed E-state index contributed by atoms with van der Waals surface area (Å²) in [5.74, 6) is 0. The molecule has 0 heterocycles. The van der Waals surface area contributed by atoms with Gasteiger partial charge in [-0.3, -0.25) is 0 Å². The third-order valence-corrected chi connectivity index (χ3v) is 1.76. The highest BCUT2D eigenvalue weighted by molar-refractivity contribution is 6.69. The van der Waals surface area contributed by atoms with E-state index >= 15 is 0 Å². The molecule has 0 aliphatic heterocycles. The van der Waals surface area contributed by atoms with Gasteiger partial charge in [0.05, 0.1) is 0 Å². The van der Waals surface area contributed by atoms with Crippen molar-refractivity contribution in [2.75, 3.05) is 0 Å². The Morgan fingerprint density at radius 2 is 2.00 bits per heavy atom. The van der Waals surface area contributed by atoms with Crippen LogP contribution >= 0.6 is 0 Å². The van der Waals surface area contributed by atoms with Crippen LogP contribution in [0.4, 0.5) is 0 Å².